The molecule has 3 aliphatic carbocycles. The number of rotatable bonds is 5. The van der Waals surface area contributed by atoms with E-state index in [1.807, 2.05) is 7.05 Å². The molecule has 1 heterocycles. The zero-order valence-electron chi connectivity index (χ0n) is 16.7. The van der Waals surface area contributed by atoms with E-state index in [9.17, 15) is 4.79 Å². The molecule has 154 valence electrons. The monoisotopic (exact) mass is 490 g/mol. The molecule has 6 nitrogen and oxygen atoms in total. The topological polar surface area (TPSA) is 66.0 Å². The van der Waals surface area contributed by atoms with E-state index in [2.05, 4.69) is 27.4 Å². The molecule has 4 rings (SSSR count). The highest BCUT2D eigenvalue weighted by atomic mass is 127. The van der Waals surface area contributed by atoms with Gasteiger partial charge in [0.1, 0.15) is 0 Å². The highest BCUT2D eigenvalue weighted by Gasteiger charge is 2.59. The number of carbonyl (C=O) groups excluding carboxylic acids is 1. The number of guanidine groups is 1. The van der Waals surface area contributed by atoms with Crippen LogP contribution in [0.3, 0.4) is 0 Å². The van der Waals surface area contributed by atoms with Gasteiger partial charge in [0.05, 0.1) is 6.10 Å². The highest BCUT2D eigenvalue weighted by Crippen LogP contribution is 2.57. The number of likely N-dealkylation sites (tertiary alicyclic amines) is 1. The maximum Gasteiger partial charge on any atom is 0.225 e. The third-order valence-electron chi connectivity index (χ3n) is 7.05. The number of hydrogen-bond donors (Lipinski definition) is 2. The van der Waals surface area contributed by atoms with Crippen molar-refractivity contribution in [2.75, 3.05) is 26.7 Å². The van der Waals surface area contributed by atoms with E-state index in [0.717, 1.165) is 57.8 Å². The van der Waals surface area contributed by atoms with Crippen LogP contribution in [0.5, 0.6) is 0 Å². The van der Waals surface area contributed by atoms with Gasteiger partial charge in [0.15, 0.2) is 5.96 Å². The van der Waals surface area contributed by atoms with Gasteiger partial charge in [0, 0.05) is 50.2 Å². The van der Waals surface area contributed by atoms with Crippen LogP contribution in [0.25, 0.3) is 0 Å². The molecule has 2 unspecified atom stereocenters. The number of carbonyl (C=O) groups is 1. The zero-order valence-corrected chi connectivity index (χ0v) is 19.0. The Bertz CT molecular complexity index is 554. The first kappa shape index (κ1) is 21.1. The van der Waals surface area contributed by atoms with E-state index in [0.29, 0.717) is 35.4 Å². The lowest BCUT2D eigenvalue weighted by molar-refractivity contribution is -0.168. The average Bonchev–Trinajstić information content (AvgIpc) is 3.43. The molecule has 0 radical (unpaired) electrons. The minimum Gasteiger partial charge on any atom is -0.378 e. The lowest BCUT2D eigenvalue weighted by Gasteiger charge is -2.61. The van der Waals surface area contributed by atoms with E-state index < -0.39 is 0 Å². The van der Waals surface area contributed by atoms with Gasteiger partial charge in [-0.25, -0.2) is 0 Å². The second kappa shape index (κ2) is 8.84. The number of ether oxygens (including phenoxy) is 1. The first-order valence-electron chi connectivity index (χ1n) is 10.6. The van der Waals surface area contributed by atoms with Crippen LogP contribution in [0, 0.1) is 11.3 Å². The van der Waals surface area contributed by atoms with E-state index in [-0.39, 0.29) is 24.0 Å². The van der Waals surface area contributed by atoms with Crippen molar-refractivity contribution in [3.05, 3.63) is 0 Å². The molecule has 0 aromatic rings. The van der Waals surface area contributed by atoms with Gasteiger partial charge in [0.2, 0.25) is 5.91 Å². The third-order valence-corrected chi connectivity index (χ3v) is 7.05. The van der Waals surface area contributed by atoms with Crippen molar-refractivity contribution in [1.29, 1.82) is 0 Å². The summed E-state index contributed by atoms with van der Waals surface area (Å²) in [4.78, 5) is 18.7. The molecule has 1 amide bonds. The van der Waals surface area contributed by atoms with E-state index in [1.54, 1.807) is 0 Å². The summed E-state index contributed by atoms with van der Waals surface area (Å²) in [7, 11) is 1.85. The smallest absolute Gasteiger partial charge is 0.225 e. The first-order valence-corrected chi connectivity index (χ1v) is 10.6. The molecule has 0 aromatic carbocycles. The number of halogens is 1. The van der Waals surface area contributed by atoms with Gasteiger partial charge < -0.3 is 20.3 Å². The SMILES string of the molecule is CCOC1CC(NC(=NC)NC2CCN(C(=O)C3CC3)CC2)C12CCC2.I. The maximum absolute atomic E-state index is 12.2. The normalized spacial score (nSPS) is 30.1. The summed E-state index contributed by atoms with van der Waals surface area (Å²) < 4.78 is 5.95. The molecule has 7 heteroatoms. The van der Waals surface area contributed by atoms with Crippen LogP contribution in [-0.2, 0) is 9.53 Å². The van der Waals surface area contributed by atoms with Crippen molar-refractivity contribution in [2.24, 2.45) is 16.3 Å². The minimum atomic E-state index is 0. The lowest BCUT2D eigenvalue weighted by atomic mass is 9.51. The predicted molar refractivity (Wildman–Crippen MR) is 117 cm³/mol. The summed E-state index contributed by atoms with van der Waals surface area (Å²) in [5, 5.41) is 7.27. The van der Waals surface area contributed by atoms with Crippen LogP contribution in [-0.4, -0.2) is 61.7 Å². The Labute approximate surface area is 180 Å². The fourth-order valence-electron chi connectivity index (χ4n) is 5.00. The summed E-state index contributed by atoms with van der Waals surface area (Å²) in [5.41, 5.74) is 0.341. The Kier molecular flexibility index (Phi) is 6.93. The molecule has 2 N–H and O–H groups in total. The van der Waals surface area contributed by atoms with Gasteiger partial charge in [-0.15, -0.1) is 24.0 Å². The van der Waals surface area contributed by atoms with E-state index >= 15 is 0 Å². The fourth-order valence-corrected chi connectivity index (χ4v) is 5.00. The number of hydrogen-bond acceptors (Lipinski definition) is 3. The molecule has 3 saturated carbocycles. The van der Waals surface area contributed by atoms with Crippen LogP contribution < -0.4 is 10.6 Å². The molecule has 27 heavy (non-hydrogen) atoms. The summed E-state index contributed by atoms with van der Waals surface area (Å²) >= 11 is 0. The molecule has 1 spiro atoms. The van der Waals surface area contributed by atoms with Crippen molar-refractivity contribution in [3.8, 4) is 0 Å². The molecule has 4 aliphatic rings. The van der Waals surface area contributed by atoms with Crippen molar-refractivity contribution in [2.45, 2.75) is 76.5 Å². The van der Waals surface area contributed by atoms with Crippen molar-refractivity contribution in [1.82, 2.24) is 15.5 Å². The van der Waals surface area contributed by atoms with Gasteiger partial charge in [-0.3, -0.25) is 9.79 Å². The van der Waals surface area contributed by atoms with Crippen molar-refractivity contribution < 1.29 is 9.53 Å². The van der Waals surface area contributed by atoms with Crippen molar-refractivity contribution >= 4 is 35.8 Å². The number of aliphatic imine (C=N–C) groups is 1. The fraction of sp³-hybridized carbons (Fsp3) is 0.900. The zero-order chi connectivity index (χ0) is 18.1. The first-order chi connectivity index (χ1) is 12.7. The quantitative estimate of drug-likeness (QED) is 0.353. The minimum absolute atomic E-state index is 0. The highest BCUT2D eigenvalue weighted by molar-refractivity contribution is 14.0. The van der Waals surface area contributed by atoms with Gasteiger partial charge in [-0.1, -0.05) is 6.42 Å². The number of piperidine rings is 1. The maximum atomic E-state index is 12.2. The molecule has 4 fully saturated rings. The Morgan fingerprint density at radius 3 is 2.41 bits per heavy atom. The summed E-state index contributed by atoms with van der Waals surface area (Å²) in [6, 6.07) is 0.889. The number of nitrogens with one attached hydrogen (secondary N) is 2. The molecule has 1 saturated heterocycles. The summed E-state index contributed by atoms with van der Waals surface area (Å²) in [6.45, 7) is 4.66. The molecular weight excluding hydrogens is 455 g/mol. The Morgan fingerprint density at radius 1 is 1.19 bits per heavy atom. The van der Waals surface area contributed by atoms with Gasteiger partial charge in [0.25, 0.3) is 0 Å². The predicted octanol–water partition coefficient (Wildman–Crippen LogP) is 2.52. The van der Waals surface area contributed by atoms with Crippen LogP contribution in [0.4, 0.5) is 0 Å². The molecule has 0 bridgehead atoms. The standard InChI is InChI=1S/C20H34N4O2.HI/c1-3-26-17-13-16(20(17)9-4-10-20)23-19(21-2)22-15-7-11-24(12-8-15)18(25)14-5-6-14;/h14-17H,3-13H2,1-2H3,(H2,21,22,23);1H. The number of nitrogens with zero attached hydrogens (tertiary/aromatic N) is 2. The average molecular weight is 490 g/mol. The lowest BCUT2D eigenvalue weighted by Crippen LogP contribution is -2.69. The van der Waals surface area contributed by atoms with Crippen LogP contribution in [0.1, 0.15) is 58.3 Å². The molecule has 2 atom stereocenters. The molecule has 1 aliphatic heterocycles. The third kappa shape index (κ3) is 4.23. The van der Waals surface area contributed by atoms with Gasteiger partial charge >= 0.3 is 0 Å². The number of amides is 1. The summed E-state index contributed by atoms with van der Waals surface area (Å²) in [6.07, 6.45) is 9.59. The largest absolute Gasteiger partial charge is 0.378 e. The second-order valence-corrected chi connectivity index (χ2v) is 8.55. The molecule has 0 aromatic heterocycles. The van der Waals surface area contributed by atoms with Gasteiger partial charge in [-0.2, -0.15) is 0 Å². The summed E-state index contributed by atoms with van der Waals surface area (Å²) in [5.74, 6) is 1.64. The van der Waals surface area contributed by atoms with E-state index in [1.165, 1.54) is 19.3 Å². The van der Waals surface area contributed by atoms with Crippen LogP contribution in [0.15, 0.2) is 4.99 Å². The Hall–Kier alpha value is -0.570. The van der Waals surface area contributed by atoms with Crippen molar-refractivity contribution in [3.63, 3.8) is 0 Å². The molecular formula is C20H35IN4O2. The van der Waals surface area contributed by atoms with Gasteiger partial charge in [-0.05, 0) is 51.9 Å². The van der Waals surface area contributed by atoms with E-state index in [4.69, 9.17) is 4.74 Å². The van der Waals surface area contributed by atoms with Crippen LogP contribution >= 0.6 is 24.0 Å². The van der Waals surface area contributed by atoms with Crippen LogP contribution in [0.2, 0.25) is 0 Å². The Balaban J connectivity index is 0.00000210. The second-order valence-electron chi connectivity index (χ2n) is 8.55. The Morgan fingerprint density at radius 2 is 1.89 bits per heavy atom.